The molecule has 0 bridgehead atoms. The summed E-state index contributed by atoms with van der Waals surface area (Å²) in [5, 5.41) is 12.5. The standard InChI is InChI=1S/C12H17NO2/c1-4-5-11(14)13-10-7-6-8(2)12(15)9(10)3/h6-7,15H,4-5H2,1-3H3,(H,13,14). The molecule has 0 heterocycles. The molecule has 0 radical (unpaired) electrons. The van der Waals surface area contributed by atoms with Gasteiger partial charge in [-0.15, -0.1) is 0 Å². The molecule has 0 fully saturated rings. The zero-order valence-electron chi connectivity index (χ0n) is 9.42. The van der Waals surface area contributed by atoms with Crippen LogP contribution in [0.25, 0.3) is 0 Å². The molecule has 3 heteroatoms. The van der Waals surface area contributed by atoms with E-state index in [0.717, 1.165) is 17.5 Å². The predicted octanol–water partition coefficient (Wildman–Crippen LogP) is 2.75. The summed E-state index contributed by atoms with van der Waals surface area (Å²) in [6.07, 6.45) is 1.33. The Balaban J connectivity index is 2.87. The number of rotatable bonds is 3. The summed E-state index contributed by atoms with van der Waals surface area (Å²) < 4.78 is 0. The summed E-state index contributed by atoms with van der Waals surface area (Å²) >= 11 is 0. The van der Waals surface area contributed by atoms with Crippen molar-refractivity contribution in [1.82, 2.24) is 0 Å². The normalized spacial score (nSPS) is 10.1. The number of hydrogen-bond donors (Lipinski definition) is 2. The zero-order chi connectivity index (χ0) is 11.4. The highest BCUT2D eigenvalue weighted by Crippen LogP contribution is 2.27. The molecule has 3 nitrogen and oxygen atoms in total. The number of nitrogens with one attached hydrogen (secondary N) is 1. The van der Waals surface area contributed by atoms with E-state index in [0.29, 0.717) is 12.1 Å². The second kappa shape index (κ2) is 4.82. The van der Waals surface area contributed by atoms with Crippen molar-refractivity contribution < 1.29 is 9.90 Å². The number of amides is 1. The van der Waals surface area contributed by atoms with E-state index in [9.17, 15) is 9.90 Å². The molecule has 0 spiro atoms. The van der Waals surface area contributed by atoms with Crippen LogP contribution in [0.1, 0.15) is 30.9 Å². The molecular formula is C12H17NO2. The number of phenolic OH excluding ortho intramolecular Hbond substituents is 1. The van der Waals surface area contributed by atoms with Crippen LogP contribution < -0.4 is 5.32 Å². The lowest BCUT2D eigenvalue weighted by Gasteiger charge is -2.10. The van der Waals surface area contributed by atoms with Crippen molar-refractivity contribution in [1.29, 1.82) is 0 Å². The third-order valence-corrected chi connectivity index (χ3v) is 2.38. The van der Waals surface area contributed by atoms with E-state index in [1.807, 2.05) is 19.9 Å². The van der Waals surface area contributed by atoms with Gasteiger partial charge in [0.1, 0.15) is 5.75 Å². The first-order valence-corrected chi connectivity index (χ1v) is 5.15. The summed E-state index contributed by atoms with van der Waals surface area (Å²) in [6.45, 7) is 5.59. The van der Waals surface area contributed by atoms with Gasteiger partial charge >= 0.3 is 0 Å². The lowest BCUT2D eigenvalue weighted by molar-refractivity contribution is -0.116. The number of benzene rings is 1. The highest BCUT2D eigenvalue weighted by atomic mass is 16.3. The minimum Gasteiger partial charge on any atom is -0.507 e. The van der Waals surface area contributed by atoms with E-state index < -0.39 is 0 Å². The van der Waals surface area contributed by atoms with Gasteiger partial charge in [0, 0.05) is 17.7 Å². The third-order valence-electron chi connectivity index (χ3n) is 2.38. The van der Waals surface area contributed by atoms with Crippen molar-refractivity contribution in [2.45, 2.75) is 33.6 Å². The maximum atomic E-state index is 11.4. The summed E-state index contributed by atoms with van der Waals surface area (Å²) in [5.41, 5.74) is 2.23. The smallest absolute Gasteiger partial charge is 0.224 e. The highest BCUT2D eigenvalue weighted by Gasteiger charge is 2.08. The number of phenols is 1. The lowest BCUT2D eigenvalue weighted by Crippen LogP contribution is -2.11. The average molecular weight is 207 g/mol. The van der Waals surface area contributed by atoms with Gasteiger partial charge in [0.05, 0.1) is 0 Å². The summed E-state index contributed by atoms with van der Waals surface area (Å²) in [5.74, 6) is 0.244. The maximum Gasteiger partial charge on any atom is 0.224 e. The van der Waals surface area contributed by atoms with Gasteiger partial charge in [0.25, 0.3) is 0 Å². The molecular weight excluding hydrogens is 190 g/mol. The van der Waals surface area contributed by atoms with Crippen LogP contribution >= 0.6 is 0 Å². The molecule has 82 valence electrons. The Morgan fingerprint density at radius 1 is 1.40 bits per heavy atom. The van der Waals surface area contributed by atoms with Gasteiger partial charge < -0.3 is 10.4 Å². The minimum absolute atomic E-state index is 0.0103. The average Bonchev–Trinajstić information content (AvgIpc) is 2.20. The first-order chi connectivity index (χ1) is 7.06. The maximum absolute atomic E-state index is 11.4. The van der Waals surface area contributed by atoms with Crippen molar-refractivity contribution in [3.8, 4) is 5.75 Å². The van der Waals surface area contributed by atoms with Crippen LogP contribution in [0, 0.1) is 13.8 Å². The zero-order valence-corrected chi connectivity index (χ0v) is 9.42. The molecule has 0 unspecified atom stereocenters. The van der Waals surface area contributed by atoms with Gasteiger partial charge in [-0.1, -0.05) is 13.0 Å². The van der Waals surface area contributed by atoms with Crippen LogP contribution in [0.3, 0.4) is 0 Å². The number of aromatic hydroxyl groups is 1. The quantitative estimate of drug-likeness (QED) is 0.800. The summed E-state index contributed by atoms with van der Waals surface area (Å²) in [4.78, 5) is 11.4. The molecule has 0 saturated carbocycles. The molecule has 0 atom stereocenters. The van der Waals surface area contributed by atoms with Crippen molar-refractivity contribution >= 4 is 11.6 Å². The number of anilines is 1. The van der Waals surface area contributed by atoms with E-state index in [4.69, 9.17) is 0 Å². The molecule has 2 N–H and O–H groups in total. The Bertz CT molecular complexity index is 372. The van der Waals surface area contributed by atoms with Crippen LogP contribution in [0.15, 0.2) is 12.1 Å². The van der Waals surface area contributed by atoms with Crippen molar-refractivity contribution in [2.24, 2.45) is 0 Å². The van der Waals surface area contributed by atoms with Gasteiger partial charge in [0.15, 0.2) is 0 Å². The van der Waals surface area contributed by atoms with Gasteiger partial charge in [-0.3, -0.25) is 4.79 Å². The first kappa shape index (κ1) is 11.6. The monoisotopic (exact) mass is 207 g/mol. The van der Waals surface area contributed by atoms with Crippen LogP contribution in [-0.2, 0) is 4.79 Å². The second-order valence-electron chi connectivity index (χ2n) is 3.70. The molecule has 0 aromatic heterocycles. The number of carbonyl (C=O) groups excluding carboxylic acids is 1. The molecule has 0 aliphatic heterocycles. The van der Waals surface area contributed by atoms with Crippen molar-refractivity contribution in [2.75, 3.05) is 5.32 Å². The lowest BCUT2D eigenvalue weighted by atomic mass is 10.1. The van der Waals surface area contributed by atoms with Crippen LogP contribution in [-0.4, -0.2) is 11.0 Å². The fraction of sp³-hybridized carbons (Fsp3) is 0.417. The Labute approximate surface area is 90.1 Å². The molecule has 0 aliphatic rings. The molecule has 0 saturated heterocycles. The Morgan fingerprint density at radius 2 is 2.07 bits per heavy atom. The van der Waals surface area contributed by atoms with Gasteiger partial charge in [-0.05, 0) is 31.9 Å². The molecule has 1 aromatic rings. The molecule has 1 rings (SSSR count). The Morgan fingerprint density at radius 3 is 2.67 bits per heavy atom. The van der Waals surface area contributed by atoms with Crippen LogP contribution in [0.2, 0.25) is 0 Å². The molecule has 1 aromatic carbocycles. The van der Waals surface area contributed by atoms with E-state index in [-0.39, 0.29) is 11.7 Å². The highest BCUT2D eigenvalue weighted by molar-refractivity contribution is 5.91. The van der Waals surface area contributed by atoms with Crippen molar-refractivity contribution in [3.63, 3.8) is 0 Å². The molecule has 1 amide bonds. The molecule has 15 heavy (non-hydrogen) atoms. The Kier molecular flexibility index (Phi) is 3.72. The van der Waals surface area contributed by atoms with E-state index in [1.54, 1.807) is 13.0 Å². The van der Waals surface area contributed by atoms with E-state index in [1.165, 1.54) is 0 Å². The van der Waals surface area contributed by atoms with Crippen molar-refractivity contribution in [3.05, 3.63) is 23.3 Å². The fourth-order valence-corrected chi connectivity index (χ4v) is 1.41. The summed E-state index contributed by atoms with van der Waals surface area (Å²) in [6, 6.07) is 3.61. The minimum atomic E-state index is -0.0103. The Hall–Kier alpha value is -1.51. The fourth-order valence-electron chi connectivity index (χ4n) is 1.41. The van der Waals surface area contributed by atoms with Gasteiger partial charge in [-0.2, -0.15) is 0 Å². The molecule has 0 aliphatic carbocycles. The topological polar surface area (TPSA) is 49.3 Å². The van der Waals surface area contributed by atoms with Crippen LogP contribution in [0.5, 0.6) is 5.75 Å². The van der Waals surface area contributed by atoms with E-state index in [2.05, 4.69) is 5.32 Å². The van der Waals surface area contributed by atoms with Crippen LogP contribution in [0.4, 0.5) is 5.69 Å². The number of carbonyl (C=O) groups is 1. The second-order valence-corrected chi connectivity index (χ2v) is 3.70. The largest absolute Gasteiger partial charge is 0.507 e. The number of aryl methyl sites for hydroxylation is 1. The SMILES string of the molecule is CCCC(=O)Nc1ccc(C)c(O)c1C. The third kappa shape index (κ3) is 2.72. The van der Waals surface area contributed by atoms with E-state index >= 15 is 0 Å². The number of hydrogen-bond acceptors (Lipinski definition) is 2. The summed E-state index contributed by atoms with van der Waals surface area (Å²) in [7, 11) is 0. The predicted molar refractivity (Wildman–Crippen MR) is 61.1 cm³/mol. The van der Waals surface area contributed by atoms with Gasteiger partial charge in [-0.25, -0.2) is 0 Å². The van der Waals surface area contributed by atoms with Gasteiger partial charge in [0.2, 0.25) is 5.91 Å². The first-order valence-electron chi connectivity index (χ1n) is 5.15.